The maximum Gasteiger partial charge on any atom is 0.245 e. The van der Waals surface area contributed by atoms with E-state index in [2.05, 4.69) is 5.10 Å². The van der Waals surface area contributed by atoms with E-state index >= 15 is 0 Å². The van der Waals surface area contributed by atoms with Gasteiger partial charge in [-0.3, -0.25) is 19.1 Å². The summed E-state index contributed by atoms with van der Waals surface area (Å²) in [5, 5.41) is 5.33. The molecule has 1 amide bonds. The predicted octanol–water partition coefficient (Wildman–Crippen LogP) is 5.28. The normalized spacial score (nSPS) is 22.4. The molecule has 2 bridgehead atoms. The van der Waals surface area contributed by atoms with Gasteiger partial charge in [-0.05, 0) is 43.4 Å². The summed E-state index contributed by atoms with van der Waals surface area (Å²) in [6.07, 6.45) is 12.0. The number of ketones is 2. The van der Waals surface area contributed by atoms with E-state index in [9.17, 15) is 14.4 Å². The van der Waals surface area contributed by atoms with Gasteiger partial charge in [-0.2, -0.15) is 5.10 Å². The van der Waals surface area contributed by atoms with Crippen LogP contribution in [0.1, 0.15) is 101 Å². The lowest BCUT2D eigenvalue weighted by Crippen LogP contribution is -2.47. The summed E-state index contributed by atoms with van der Waals surface area (Å²) in [7, 11) is 1.62. The SMILES string of the molecule is CCC(=O)[C@@H]1[C@H]2CCN1C(=O)Cn1nc(C(C)=O)c3cc(OC)cc(c31)CCCCCCCCCCCO2. The van der Waals surface area contributed by atoms with Gasteiger partial charge < -0.3 is 14.4 Å². The van der Waals surface area contributed by atoms with E-state index in [1.54, 1.807) is 16.7 Å². The molecular weight excluding hydrogens is 482 g/mol. The molecule has 0 unspecified atom stereocenters. The molecule has 38 heavy (non-hydrogen) atoms. The standard InChI is InChI=1S/C30H43N3O5/c1-4-25(35)30-26-15-16-32(30)27(36)20-33-29-22(14-12-10-8-6-5-7-9-11-13-17-38-26)18-23(37-3)19-24(29)28(31-33)21(2)34/h18-19,26,30H,4-17,20H2,1-3H3/t26-,30-/m1/s1. The third kappa shape index (κ3) is 6.45. The van der Waals surface area contributed by atoms with E-state index in [1.165, 1.54) is 39.0 Å². The van der Waals surface area contributed by atoms with Gasteiger partial charge in [-0.1, -0.05) is 51.9 Å². The smallest absolute Gasteiger partial charge is 0.245 e. The molecule has 0 saturated carbocycles. The zero-order valence-corrected chi connectivity index (χ0v) is 23.3. The predicted molar refractivity (Wildman–Crippen MR) is 147 cm³/mol. The van der Waals surface area contributed by atoms with Crippen molar-refractivity contribution in [2.24, 2.45) is 0 Å². The van der Waals surface area contributed by atoms with Crippen LogP contribution in [0.4, 0.5) is 0 Å². The lowest BCUT2D eigenvalue weighted by atomic mass is 10.0. The van der Waals surface area contributed by atoms with E-state index in [-0.39, 0.29) is 30.1 Å². The molecule has 3 heterocycles. The van der Waals surface area contributed by atoms with E-state index in [1.807, 2.05) is 19.1 Å². The number of hydrogen-bond acceptors (Lipinski definition) is 6. The van der Waals surface area contributed by atoms with Crippen LogP contribution in [0, 0.1) is 0 Å². The molecule has 2 aliphatic rings. The molecule has 0 spiro atoms. The molecular formula is C30H43N3O5. The number of aryl methyl sites for hydroxylation is 1. The van der Waals surface area contributed by atoms with Crippen LogP contribution in [0.5, 0.6) is 5.75 Å². The van der Waals surface area contributed by atoms with Crippen molar-refractivity contribution in [3.63, 3.8) is 0 Å². The van der Waals surface area contributed by atoms with Crippen LogP contribution in [0.2, 0.25) is 0 Å². The van der Waals surface area contributed by atoms with Gasteiger partial charge in [0.2, 0.25) is 5.91 Å². The maximum absolute atomic E-state index is 13.7. The summed E-state index contributed by atoms with van der Waals surface area (Å²) in [6, 6.07) is 3.28. The Labute approximate surface area is 226 Å². The first-order chi connectivity index (χ1) is 18.4. The Kier molecular flexibility index (Phi) is 9.94. The van der Waals surface area contributed by atoms with Crippen molar-refractivity contribution < 1.29 is 23.9 Å². The number of benzene rings is 1. The highest BCUT2D eigenvalue weighted by atomic mass is 16.5. The number of methoxy groups -OCH3 is 1. The third-order valence-corrected chi connectivity index (χ3v) is 8.01. The third-order valence-electron chi connectivity index (χ3n) is 8.01. The largest absolute Gasteiger partial charge is 0.497 e. The first-order valence-corrected chi connectivity index (χ1v) is 14.5. The number of hydrogen-bond donors (Lipinski definition) is 0. The number of nitrogens with zero attached hydrogens (tertiary/aromatic N) is 3. The van der Waals surface area contributed by atoms with Crippen molar-refractivity contribution in [1.29, 1.82) is 0 Å². The van der Waals surface area contributed by atoms with Crippen LogP contribution >= 0.6 is 0 Å². The summed E-state index contributed by atoms with van der Waals surface area (Å²) in [5.74, 6) is 0.393. The number of aromatic nitrogens is 2. The first-order valence-electron chi connectivity index (χ1n) is 14.5. The Balaban J connectivity index is 1.69. The van der Waals surface area contributed by atoms with Gasteiger partial charge in [0.15, 0.2) is 11.6 Å². The van der Waals surface area contributed by atoms with Crippen molar-refractivity contribution in [3.8, 4) is 5.75 Å². The molecule has 2 aliphatic heterocycles. The van der Waals surface area contributed by atoms with Gasteiger partial charge >= 0.3 is 0 Å². The number of Topliss-reactive ketones (excluding diaryl/α,β-unsaturated/α-hetero) is 2. The molecule has 1 fully saturated rings. The Hall–Kier alpha value is -2.74. The monoisotopic (exact) mass is 525 g/mol. The Morgan fingerprint density at radius 2 is 1.74 bits per heavy atom. The van der Waals surface area contributed by atoms with Crippen LogP contribution in [-0.2, 0) is 27.3 Å². The highest BCUT2D eigenvalue weighted by Gasteiger charge is 2.41. The zero-order valence-electron chi connectivity index (χ0n) is 23.3. The Morgan fingerprint density at radius 3 is 2.39 bits per heavy atom. The van der Waals surface area contributed by atoms with E-state index in [4.69, 9.17) is 9.47 Å². The number of carbonyl (C=O) groups is 3. The summed E-state index contributed by atoms with van der Waals surface area (Å²) in [5.41, 5.74) is 2.18. The van der Waals surface area contributed by atoms with Gasteiger partial charge in [0.25, 0.3) is 0 Å². The lowest BCUT2D eigenvalue weighted by Gasteiger charge is -2.27. The lowest BCUT2D eigenvalue weighted by molar-refractivity contribution is -0.141. The Morgan fingerprint density at radius 1 is 1.05 bits per heavy atom. The topological polar surface area (TPSA) is 90.7 Å². The van der Waals surface area contributed by atoms with Crippen LogP contribution < -0.4 is 4.74 Å². The highest BCUT2D eigenvalue weighted by molar-refractivity contribution is 6.06. The minimum atomic E-state index is -0.563. The molecule has 0 N–H and O–H groups in total. The second kappa shape index (κ2) is 13.4. The highest BCUT2D eigenvalue weighted by Crippen LogP contribution is 2.31. The van der Waals surface area contributed by atoms with E-state index in [0.717, 1.165) is 43.2 Å². The van der Waals surface area contributed by atoms with Crippen LogP contribution in [0.3, 0.4) is 0 Å². The minimum absolute atomic E-state index is 0.0245. The van der Waals surface area contributed by atoms with Crippen LogP contribution in [0.25, 0.3) is 10.9 Å². The molecule has 8 nitrogen and oxygen atoms in total. The maximum atomic E-state index is 13.7. The van der Waals surface area contributed by atoms with Gasteiger partial charge in [-0.25, -0.2) is 0 Å². The second-order valence-electron chi connectivity index (χ2n) is 10.7. The molecule has 208 valence electrons. The average Bonchev–Trinajstić information content (AvgIpc) is 3.50. The zero-order chi connectivity index (χ0) is 27.1. The fourth-order valence-electron chi connectivity index (χ4n) is 5.98. The number of fused-ring (bicyclic) bond motifs is 2. The van der Waals surface area contributed by atoms with Gasteiger partial charge in [0.05, 0.1) is 18.7 Å². The second-order valence-corrected chi connectivity index (χ2v) is 10.7. The summed E-state index contributed by atoms with van der Waals surface area (Å²) < 4.78 is 13.4. The van der Waals surface area contributed by atoms with E-state index in [0.29, 0.717) is 42.8 Å². The molecule has 4 rings (SSSR count). The van der Waals surface area contributed by atoms with E-state index < -0.39 is 6.04 Å². The molecule has 2 atom stereocenters. The summed E-state index contributed by atoms with van der Waals surface area (Å²) in [6.45, 7) is 4.42. The number of rotatable bonds is 4. The number of carbonyl (C=O) groups excluding carboxylic acids is 3. The average molecular weight is 526 g/mol. The molecule has 1 aromatic heterocycles. The number of ether oxygens (including phenoxy) is 2. The van der Waals surface area contributed by atoms with Crippen LogP contribution in [0.15, 0.2) is 12.1 Å². The first kappa shape index (κ1) is 28.3. The molecule has 0 aliphatic carbocycles. The Bertz CT molecular complexity index is 1140. The molecule has 8 heteroatoms. The minimum Gasteiger partial charge on any atom is -0.497 e. The molecule has 2 aromatic rings. The fourth-order valence-corrected chi connectivity index (χ4v) is 5.98. The molecule has 1 saturated heterocycles. The van der Waals surface area contributed by atoms with Gasteiger partial charge in [0, 0.05) is 31.9 Å². The number of amides is 1. The van der Waals surface area contributed by atoms with Gasteiger partial charge in [-0.15, -0.1) is 0 Å². The van der Waals surface area contributed by atoms with Crippen molar-refractivity contribution in [2.45, 2.75) is 110 Å². The fraction of sp³-hybridized carbons (Fsp3) is 0.667. The molecule has 0 radical (unpaired) electrons. The van der Waals surface area contributed by atoms with Crippen molar-refractivity contribution in [3.05, 3.63) is 23.4 Å². The quantitative estimate of drug-likeness (QED) is 0.505. The van der Waals surface area contributed by atoms with Crippen molar-refractivity contribution in [1.82, 2.24) is 14.7 Å². The van der Waals surface area contributed by atoms with Crippen molar-refractivity contribution in [2.75, 3.05) is 20.3 Å². The van der Waals surface area contributed by atoms with Crippen molar-refractivity contribution >= 4 is 28.4 Å². The van der Waals surface area contributed by atoms with Crippen LogP contribution in [-0.4, -0.2) is 64.6 Å². The van der Waals surface area contributed by atoms with Gasteiger partial charge in [0.1, 0.15) is 24.0 Å². The summed E-state index contributed by atoms with van der Waals surface area (Å²) in [4.78, 5) is 40.9. The molecule has 1 aromatic carbocycles. The summed E-state index contributed by atoms with van der Waals surface area (Å²) >= 11 is 0.